The fourth-order valence-electron chi connectivity index (χ4n) is 2.53. The van der Waals surface area contributed by atoms with E-state index < -0.39 is 0 Å². The average molecular weight is 276 g/mol. The quantitative estimate of drug-likeness (QED) is 0.692. The number of nitrogens with zero attached hydrogens (tertiary/aromatic N) is 1. The Bertz CT molecular complexity index is 530. The molecule has 2 amide bonds. The third-order valence-corrected chi connectivity index (χ3v) is 3.68. The summed E-state index contributed by atoms with van der Waals surface area (Å²) in [6.45, 7) is 1.36. The van der Waals surface area contributed by atoms with Gasteiger partial charge in [0.25, 0.3) is 5.91 Å². The molecule has 1 aromatic carbocycles. The summed E-state index contributed by atoms with van der Waals surface area (Å²) in [7, 11) is 1.59. The van der Waals surface area contributed by atoms with Gasteiger partial charge in [0, 0.05) is 25.7 Å². The Balaban J connectivity index is 2.27. The van der Waals surface area contributed by atoms with Crippen LogP contribution in [0.15, 0.2) is 18.2 Å². The maximum absolute atomic E-state index is 11.7. The molecule has 1 saturated heterocycles. The molecule has 6 nitrogen and oxygen atoms in total. The number of primary amides is 1. The van der Waals surface area contributed by atoms with Crippen LogP contribution in [-0.2, 0) is 4.79 Å². The Morgan fingerprint density at radius 1 is 1.40 bits per heavy atom. The van der Waals surface area contributed by atoms with Gasteiger partial charge in [-0.15, -0.1) is 0 Å². The molecule has 20 heavy (non-hydrogen) atoms. The van der Waals surface area contributed by atoms with Gasteiger partial charge in [-0.1, -0.05) is 0 Å². The van der Waals surface area contributed by atoms with E-state index in [4.69, 9.17) is 11.5 Å². The van der Waals surface area contributed by atoms with Gasteiger partial charge in [0.15, 0.2) is 0 Å². The minimum atomic E-state index is -0.282. The van der Waals surface area contributed by atoms with Crippen molar-refractivity contribution in [1.29, 1.82) is 0 Å². The Kier molecular flexibility index (Phi) is 4.12. The first-order valence-corrected chi connectivity index (χ1v) is 6.68. The first-order chi connectivity index (χ1) is 9.52. The van der Waals surface area contributed by atoms with Crippen LogP contribution in [-0.4, -0.2) is 32.0 Å². The largest absolute Gasteiger partial charge is 0.397 e. The van der Waals surface area contributed by atoms with Crippen LogP contribution in [0.2, 0.25) is 0 Å². The molecule has 108 valence electrons. The third kappa shape index (κ3) is 2.84. The van der Waals surface area contributed by atoms with Gasteiger partial charge < -0.3 is 21.7 Å². The molecular weight excluding hydrogens is 256 g/mol. The molecule has 1 atom stereocenters. The fraction of sp³-hybridized carbons (Fsp3) is 0.429. The Morgan fingerprint density at radius 3 is 2.80 bits per heavy atom. The molecule has 0 aliphatic carbocycles. The second kappa shape index (κ2) is 5.81. The van der Waals surface area contributed by atoms with E-state index in [2.05, 4.69) is 5.32 Å². The number of anilines is 2. The van der Waals surface area contributed by atoms with Crippen molar-refractivity contribution in [1.82, 2.24) is 5.32 Å². The second-order valence-corrected chi connectivity index (χ2v) is 5.04. The molecular formula is C14H20N4O2. The molecule has 6 heteroatoms. The minimum Gasteiger partial charge on any atom is -0.397 e. The molecule has 1 fully saturated rings. The van der Waals surface area contributed by atoms with E-state index in [0.29, 0.717) is 17.8 Å². The van der Waals surface area contributed by atoms with Crippen LogP contribution < -0.4 is 21.7 Å². The van der Waals surface area contributed by atoms with Crippen molar-refractivity contribution in [2.75, 3.05) is 30.8 Å². The van der Waals surface area contributed by atoms with Gasteiger partial charge in [0.2, 0.25) is 5.91 Å². The third-order valence-electron chi connectivity index (χ3n) is 3.68. The van der Waals surface area contributed by atoms with Crippen molar-refractivity contribution in [2.45, 2.75) is 12.8 Å². The Hall–Kier alpha value is -2.24. The summed E-state index contributed by atoms with van der Waals surface area (Å²) in [4.78, 5) is 25.1. The zero-order chi connectivity index (χ0) is 14.7. The lowest BCUT2D eigenvalue weighted by Crippen LogP contribution is -2.41. The number of nitrogens with two attached hydrogens (primary N) is 2. The molecule has 1 aliphatic rings. The van der Waals surface area contributed by atoms with Gasteiger partial charge in [0.1, 0.15) is 0 Å². The van der Waals surface area contributed by atoms with Crippen molar-refractivity contribution >= 4 is 23.2 Å². The first-order valence-electron chi connectivity index (χ1n) is 6.68. The molecule has 0 radical (unpaired) electrons. The number of benzene rings is 1. The number of hydrogen-bond acceptors (Lipinski definition) is 4. The molecule has 2 rings (SSSR count). The van der Waals surface area contributed by atoms with Crippen molar-refractivity contribution in [3.63, 3.8) is 0 Å². The van der Waals surface area contributed by atoms with Crippen LogP contribution in [0.3, 0.4) is 0 Å². The van der Waals surface area contributed by atoms with Gasteiger partial charge in [-0.2, -0.15) is 0 Å². The van der Waals surface area contributed by atoms with Crippen LogP contribution in [0, 0.1) is 5.92 Å². The van der Waals surface area contributed by atoms with E-state index in [1.54, 1.807) is 25.2 Å². The van der Waals surface area contributed by atoms with E-state index in [9.17, 15) is 9.59 Å². The van der Waals surface area contributed by atoms with Crippen LogP contribution >= 0.6 is 0 Å². The number of carbonyl (C=O) groups is 2. The van der Waals surface area contributed by atoms with Crippen LogP contribution in [0.25, 0.3) is 0 Å². The maximum Gasteiger partial charge on any atom is 0.251 e. The van der Waals surface area contributed by atoms with E-state index in [-0.39, 0.29) is 17.7 Å². The van der Waals surface area contributed by atoms with Crippen molar-refractivity contribution in [3.8, 4) is 0 Å². The van der Waals surface area contributed by atoms with Gasteiger partial charge in [-0.05, 0) is 31.0 Å². The summed E-state index contributed by atoms with van der Waals surface area (Å²) in [5, 5.41) is 2.59. The molecule has 5 N–H and O–H groups in total. The highest BCUT2D eigenvalue weighted by Gasteiger charge is 2.25. The number of nitrogens with one attached hydrogen (secondary N) is 1. The van der Waals surface area contributed by atoms with Gasteiger partial charge >= 0.3 is 0 Å². The molecule has 1 aliphatic heterocycles. The maximum atomic E-state index is 11.7. The summed E-state index contributed by atoms with van der Waals surface area (Å²) >= 11 is 0. The molecule has 0 saturated carbocycles. The number of nitrogen functional groups attached to an aromatic ring is 1. The predicted molar refractivity (Wildman–Crippen MR) is 78.4 cm³/mol. The van der Waals surface area contributed by atoms with Gasteiger partial charge in [-0.25, -0.2) is 0 Å². The van der Waals surface area contributed by atoms with Crippen LogP contribution in [0.4, 0.5) is 11.4 Å². The number of piperidine rings is 1. The lowest BCUT2D eigenvalue weighted by atomic mass is 9.96. The second-order valence-electron chi connectivity index (χ2n) is 5.04. The van der Waals surface area contributed by atoms with Gasteiger partial charge in [0.05, 0.1) is 17.3 Å². The van der Waals surface area contributed by atoms with Crippen molar-refractivity contribution < 1.29 is 9.59 Å². The number of rotatable bonds is 3. The predicted octanol–water partition coefficient (Wildman–Crippen LogP) is 0.330. The zero-order valence-corrected chi connectivity index (χ0v) is 11.6. The first kappa shape index (κ1) is 14.2. The molecule has 0 bridgehead atoms. The number of carbonyl (C=O) groups excluding carboxylic acids is 2. The topological polar surface area (TPSA) is 101 Å². The minimum absolute atomic E-state index is 0.158. The highest BCUT2D eigenvalue weighted by molar-refractivity contribution is 5.96. The fourth-order valence-corrected chi connectivity index (χ4v) is 2.53. The summed E-state index contributed by atoms with van der Waals surface area (Å²) < 4.78 is 0. The standard InChI is InChI=1S/C14H20N4O2/c1-17-14(20)9-4-5-11(15)12(7-9)18-6-2-3-10(8-18)13(16)19/h4-5,7,10H,2-3,6,8,15H2,1H3,(H2,16,19)(H,17,20). The Morgan fingerprint density at radius 2 is 2.15 bits per heavy atom. The van der Waals surface area contributed by atoms with Crippen LogP contribution in [0.1, 0.15) is 23.2 Å². The molecule has 1 heterocycles. The van der Waals surface area contributed by atoms with Crippen molar-refractivity contribution in [2.24, 2.45) is 11.7 Å². The lowest BCUT2D eigenvalue weighted by Gasteiger charge is -2.33. The zero-order valence-electron chi connectivity index (χ0n) is 11.6. The normalized spacial score (nSPS) is 18.6. The number of amides is 2. The average Bonchev–Trinajstić information content (AvgIpc) is 2.47. The molecule has 0 spiro atoms. The summed E-state index contributed by atoms with van der Waals surface area (Å²) in [5.74, 6) is -0.600. The monoisotopic (exact) mass is 276 g/mol. The summed E-state index contributed by atoms with van der Waals surface area (Å²) in [6.07, 6.45) is 1.69. The van der Waals surface area contributed by atoms with E-state index >= 15 is 0 Å². The van der Waals surface area contributed by atoms with E-state index in [1.165, 1.54) is 0 Å². The smallest absolute Gasteiger partial charge is 0.251 e. The van der Waals surface area contributed by atoms with E-state index in [0.717, 1.165) is 25.1 Å². The molecule has 0 aromatic heterocycles. The number of hydrogen-bond donors (Lipinski definition) is 3. The molecule has 1 aromatic rings. The summed E-state index contributed by atoms with van der Waals surface area (Å²) in [6, 6.07) is 5.17. The van der Waals surface area contributed by atoms with Crippen molar-refractivity contribution in [3.05, 3.63) is 23.8 Å². The summed E-state index contributed by atoms with van der Waals surface area (Å²) in [5.41, 5.74) is 13.3. The van der Waals surface area contributed by atoms with E-state index in [1.807, 2.05) is 4.90 Å². The van der Waals surface area contributed by atoms with Gasteiger partial charge in [-0.3, -0.25) is 9.59 Å². The Labute approximate surface area is 118 Å². The van der Waals surface area contributed by atoms with Crippen LogP contribution in [0.5, 0.6) is 0 Å². The SMILES string of the molecule is CNC(=O)c1ccc(N)c(N2CCCC(C(N)=O)C2)c1. The highest BCUT2D eigenvalue weighted by Crippen LogP contribution is 2.29. The highest BCUT2D eigenvalue weighted by atomic mass is 16.2. The lowest BCUT2D eigenvalue weighted by molar-refractivity contribution is -0.122. The molecule has 1 unspecified atom stereocenters.